The molecule has 0 spiro atoms. The van der Waals surface area contributed by atoms with E-state index in [1.807, 2.05) is 43.3 Å². The van der Waals surface area contributed by atoms with Crippen LogP contribution in [-0.2, 0) is 38.1 Å². The van der Waals surface area contributed by atoms with Crippen molar-refractivity contribution in [2.75, 3.05) is 19.7 Å². The summed E-state index contributed by atoms with van der Waals surface area (Å²) in [6, 6.07) is 15.1. The van der Waals surface area contributed by atoms with E-state index in [2.05, 4.69) is 26.1 Å². The van der Waals surface area contributed by atoms with Gasteiger partial charge < -0.3 is 10.1 Å². The molecule has 0 bridgehead atoms. The van der Waals surface area contributed by atoms with Crippen LogP contribution >= 0.6 is 0 Å². The minimum absolute atomic E-state index is 0.0206. The summed E-state index contributed by atoms with van der Waals surface area (Å²) in [6.07, 6.45) is 1.04. The van der Waals surface area contributed by atoms with E-state index < -0.39 is 10.0 Å². The second-order valence-corrected chi connectivity index (χ2v) is 11.5. The number of piperidine rings is 1. The maximum atomic E-state index is 13.1. The molecule has 2 aromatic rings. The van der Waals surface area contributed by atoms with Gasteiger partial charge in [0, 0.05) is 32.2 Å². The summed E-state index contributed by atoms with van der Waals surface area (Å²) in [5.74, 6) is -0.202. The van der Waals surface area contributed by atoms with E-state index in [0.717, 1.165) is 16.7 Å². The van der Waals surface area contributed by atoms with E-state index in [-0.39, 0.29) is 17.2 Å². The van der Waals surface area contributed by atoms with Gasteiger partial charge in [0.25, 0.3) is 0 Å². The van der Waals surface area contributed by atoms with Gasteiger partial charge in [-0.3, -0.25) is 4.79 Å². The molecule has 0 aliphatic carbocycles. The van der Waals surface area contributed by atoms with Crippen LogP contribution in [0.1, 0.15) is 57.2 Å². The highest BCUT2D eigenvalue weighted by atomic mass is 32.2. The maximum absolute atomic E-state index is 13.1. The van der Waals surface area contributed by atoms with Gasteiger partial charge in [0.05, 0.1) is 11.5 Å². The number of ether oxygens (including phenoxy) is 1. The van der Waals surface area contributed by atoms with Crippen LogP contribution in [0.25, 0.3) is 0 Å². The number of sulfonamides is 1. The summed E-state index contributed by atoms with van der Waals surface area (Å²) in [4.78, 5) is 13.1. The lowest BCUT2D eigenvalue weighted by atomic mass is 9.87. The summed E-state index contributed by atoms with van der Waals surface area (Å²) < 4.78 is 33.2. The molecule has 1 fully saturated rings. The highest BCUT2D eigenvalue weighted by molar-refractivity contribution is 7.89. The van der Waals surface area contributed by atoms with Crippen molar-refractivity contribution in [3.05, 3.63) is 65.2 Å². The third-order valence-corrected chi connectivity index (χ3v) is 8.13. The Morgan fingerprint density at radius 2 is 1.64 bits per heavy atom. The highest BCUT2D eigenvalue weighted by Crippen LogP contribution is 2.27. The van der Waals surface area contributed by atoms with Gasteiger partial charge in [0.1, 0.15) is 0 Å². The van der Waals surface area contributed by atoms with Crippen LogP contribution in [0.15, 0.2) is 53.4 Å². The molecule has 0 atom stereocenters. The molecule has 0 saturated carbocycles. The SMILES string of the molecule is CCOCc1ccccc1CNC(=O)C1CCN(S(=O)(=O)c2ccc(C(C)(C)C)cc2)CC1. The first-order valence-corrected chi connectivity index (χ1v) is 13.1. The molecule has 1 N–H and O–H groups in total. The molecular weight excluding hydrogens is 436 g/mol. The maximum Gasteiger partial charge on any atom is 0.243 e. The van der Waals surface area contributed by atoms with E-state index in [9.17, 15) is 13.2 Å². The molecule has 180 valence electrons. The summed E-state index contributed by atoms with van der Waals surface area (Å²) >= 11 is 0. The summed E-state index contributed by atoms with van der Waals surface area (Å²) in [7, 11) is -3.56. The molecule has 33 heavy (non-hydrogen) atoms. The Bertz CT molecular complexity index is 1030. The highest BCUT2D eigenvalue weighted by Gasteiger charge is 2.32. The number of nitrogens with zero attached hydrogens (tertiary/aromatic N) is 1. The topological polar surface area (TPSA) is 75.7 Å². The first-order chi connectivity index (χ1) is 15.6. The standard InChI is InChI=1S/C26H36N2O4S/c1-5-32-19-22-9-7-6-8-21(22)18-27-25(29)20-14-16-28(17-15-20)33(30,31)24-12-10-23(11-13-24)26(2,3)4/h6-13,20H,5,14-19H2,1-4H3,(H,27,29). The van der Waals surface area contributed by atoms with Crippen molar-refractivity contribution in [2.24, 2.45) is 5.92 Å². The third-order valence-electron chi connectivity index (χ3n) is 6.22. The minimum atomic E-state index is -3.56. The fourth-order valence-corrected chi connectivity index (χ4v) is 5.51. The van der Waals surface area contributed by atoms with Crippen LogP contribution in [0.2, 0.25) is 0 Å². The van der Waals surface area contributed by atoms with Crippen molar-refractivity contribution >= 4 is 15.9 Å². The van der Waals surface area contributed by atoms with Crippen LogP contribution in [-0.4, -0.2) is 38.3 Å². The van der Waals surface area contributed by atoms with Gasteiger partial charge in [-0.05, 0) is 54.0 Å². The number of benzene rings is 2. The average molecular weight is 473 g/mol. The Labute approximate surface area is 198 Å². The Kier molecular flexibility index (Phi) is 8.32. The second kappa shape index (κ2) is 10.8. The molecule has 6 nitrogen and oxygen atoms in total. The molecule has 0 unspecified atom stereocenters. The van der Waals surface area contributed by atoms with E-state index in [1.54, 1.807) is 12.1 Å². The quantitative estimate of drug-likeness (QED) is 0.624. The number of nitrogens with one attached hydrogen (secondary N) is 1. The van der Waals surface area contributed by atoms with Crippen molar-refractivity contribution in [1.29, 1.82) is 0 Å². The molecule has 1 aliphatic heterocycles. The Morgan fingerprint density at radius 1 is 1.03 bits per heavy atom. The Hall–Kier alpha value is -2.22. The lowest BCUT2D eigenvalue weighted by Crippen LogP contribution is -2.42. The number of carbonyl (C=O) groups is 1. The van der Waals surface area contributed by atoms with Gasteiger partial charge >= 0.3 is 0 Å². The number of rotatable bonds is 8. The fraction of sp³-hybridized carbons (Fsp3) is 0.500. The van der Waals surface area contributed by atoms with Crippen molar-refractivity contribution in [1.82, 2.24) is 9.62 Å². The molecule has 7 heteroatoms. The molecule has 1 amide bonds. The fourth-order valence-electron chi connectivity index (χ4n) is 4.04. The first kappa shape index (κ1) is 25.4. The average Bonchev–Trinajstić information content (AvgIpc) is 2.81. The minimum Gasteiger partial charge on any atom is -0.377 e. The number of hydrogen-bond acceptors (Lipinski definition) is 4. The normalized spacial score (nSPS) is 16.0. The van der Waals surface area contributed by atoms with E-state index in [0.29, 0.717) is 50.6 Å². The molecule has 0 aromatic heterocycles. The molecule has 1 saturated heterocycles. The molecule has 1 aliphatic rings. The van der Waals surface area contributed by atoms with Gasteiger partial charge in [-0.15, -0.1) is 0 Å². The van der Waals surface area contributed by atoms with Gasteiger partial charge in [0.15, 0.2) is 0 Å². The number of carbonyl (C=O) groups excluding carboxylic acids is 1. The second-order valence-electron chi connectivity index (χ2n) is 9.58. The van der Waals surface area contributed by atoms with Gasteiger partial charge in [-0.25, -0.2) is 8.42 Å². The lowest BCUT2D eigenvalue weighted by Gasteiger charge is -2.30. The summed E-state index contributed by atoms with van der Waals surface area (Å²) in [5, 5.41) is 3.03. The van der Waals surface area contributed by atoms with E-state index in [1.165, 1.54) is 4.31 Å². The van der Waals surface area contributed by atoms with Crippen molar-refractivity contribution in [2.45, 2.75) is 64.0 Å². The van der Waals surface area contributed by atoms with Gasteiger partial charge in [-0.1, -0.05) is 57.2 Å². The van der Waals surface area contributed by atoms with Crippen molar-refractivity contribution in [3.8, 4) is 0 Å². The molecular formula is C26H36N2O4S. The third kappa shape index (κ3) is 6.43. The Balaban J connectivity index is 1.55. The predicted molar refractivity (Wildman–Crippen MR) is 130 cm³/mol. The van der Waals surface area contributed by atoms with Crippen LogP contribution < -0.4 is 5.32 Å². The number of amides is 1. The largest absolute Gasteiger partial charge is 0.377 e. The van der Waals surface area contributed by atoms with Gasteiger partial charge in [-0.2, -0.15) is 4.31 Å². The van der Waals surface area contributed by atoms with E-state index in [4.69, 9.17) is 4.74 Å². The van der Waals surface area contributed by atoms with Crippen LogP contribution in [0, 0.1) is 5.92 Å². The van der Waals surface area contributed by atoms with Crippen LogP contribution in [0.3, 0.4) is 0 Å². The van der Waals surface area contributed by atoms with Crippen molar-refractivity contribution in [3.63, 3.8) is 0 Å². The van der Waals surface area contributed by atoms with Gasteiger partial charge in [0.2, 0.25) is 15.9 Å². The van der Waals surface area contributed by atoms with Crippen LogP contribution in [0.4, 0.5) is 0 Å². The van der Waals surface area contributed by atoms with E-state index >= 15 is 0 Å². The lowest BCUT2D eigenvalue weighted by molar-refractivity contribution is -0.126. The Morgan fingerprint density at radius 3 is 2.21 bits per heavy atom. The zero-order chi connectivity index (χ0) is 24.1. The first-order valence-electron chi connectivity index (χ1n) is 11.7. The summed E-state index contributed by atoms with van der Waals surface area (Å²) in [5.41, 5.74) is 3.17. The van der Waals surface area contributed by atoms with Crippen LogP contribution in [0.5, 0.6) is 0 Å². The zero-order valence-electron chi connectivity index (χ0n) is 20.1. The number of hydrogen-bond donors (Lipinski definition) is 1. The molecule has 3 rings (SSSR count). The summed E-state index contributed by atoms with van der Waals surface area (Å²) in [6.45, 7) is 10.6. The monoisotopic (exact) mass is 472 g/mol. The molecule has 1 heterocycles. The van der Waals surface area contributed by atoms with Crippen molar-refractivity contribution < 1.29 is 17.9 Å². The predicted octanol–water partition coefficient (Wildman–Crippen LogP) is 4.24. The zero-order valence-corrected chi connectivity index (χ0v) is 21.0. The molecule has 0 radical (unpaired) electrons. The molecule has 2 aromatic carbocycles. The smallest absolute Gasteiger partial charge is 0.243 e.